The molecule has 0 spiro atoms. The van der Waals surface area contributed by atoms with E-state index in [4.69, 9.17) is 4.74 Å². The molecule has 6 heteroatoms. The van der Waals surface area contributed by atoms with E-state index in [0.29, 0.717) is 11.7 Å². The fourth-order valence-electron chi connectivity index (χ4n) is 4.00. The van der Waals surface area contributed by atoms with Crippen LogP contribution in [0.4, 0.5) is 0 Å². The lowest BCUT2D eigenvalue weighted by Gasteiger charge is -2.26. The van der Waals surface area contributed by atoms with E-state index < -0.39 is 0 Å². The Balaban J connectivity index is 1.44. The Kier molecular flexibility index (Phi) is 5.27. The molecular weight excluding hydrogens is 352 g/mol. The monoisotopic (exact) mass is 376 g/mol. The minimum atomic E-state index is -0.111. The number of nitrogens with zero attached hydrogens (tertiary/aromatic N) is 2. The standard InChI is InChI=1S/C19H24N2O2S2/c1-12-5-4-6-13(9-12)23-16(22)10-24-18-17-14-7-2-3-8-15(14)25-19(17)21-11-20-18/h11-13H,2-10H2,1H3/t12-,13+/m1/s1. The Labute approximate surface area is 156 Å². The summed E-state index contributed by atoms with van der Waals surface area (Å²) in [5.74, 6) is 0.889. The van der Waals surface area contributed by atoms with Crippen molar-refractivity contribution < 1.29 is 9.53 Å². The highest BCUT2D eigenvalue weighted by Crippen LogP contribution is 2.39. The van der Waals surface area contributed by atoms with Gasteiger partial charge in [0.05, 0.1) is 5.75 Å². The average molecular weight is 377 g/mol. The van der Waals surface area contributed by atoms with Crippen molar-refractivity contribution in [1.29, 1.82) is 0 Å². The normalized spacial score (nSPS) is 23.4. The number of carbonyl (C=O) groups is 1. The van der Waals surface area contributed by atoms with Crippen molar-refractivity contribution in [1.82, 2.24) is 9.97 Å². The molecule has 25 heavy (non-hydrogen) atoms. The van der Waals surface area contributed by atoms with Gasteiger partial charge in [-0.1, -0.05) is 25.1 Å². The van der Waals surface area contributed by atoms with Crippen LogP contribution < -0.4 is 0 Å². The third-order valence-corrected chi connectivity index (χ3v) is 7.39. The van der Waals surface area contributed by atoms with E-state index in [1.807, 2.05) is 0 Å². The van der Waals surface area contributed by atoms with Gasteiger partial charge in [0.2, 0.25) is 0 Å². The molecule has 1 saturated carbocycles. The third-order valence-electron chi connectivity index (χ3n) is 5.23. The van der Waals surface area contributed by atoms with E-state index in [-0.39, 0.29) is 12.1 Å². The minimum Gasteiger partial charge on any atom is -0.462 e. The smallest absolute Gasteiger partial charge is 0.316 e. The van der Waals surface area contributed by atoms with Gasteiger partial charge in [-0.15, -0.1) is 11.3 Å². The number of thioether (sulfide) groups is 1. The van der Waals surface area contributed by atoms with Crippen LogP contribution in [0.1, 0.15) is 55.9 Å². The third kappa shape index (κ3) is 3.85. The molecule has 2 aliphatic rings. The summed E-state index contributed by atoms with van der Waals surface area (Å²) in [4.78, 5) is 23.7. The molecule has 0 unspecified atom stereocenters. The van der Waals surface area contributed by atoms with Gasteiger partial charge >= 0.3 is 5.97 Å². The molecule has 1 fully saturated rings. The van der Waals surface area contributed by atoms with Crippen molar-refractivity contribution in [2.24, 2.45) is 5.92 Å². The Hall–Kier alpha value is -1.14. The summed E-state index contributed by atoms with van der Waals surface area (Å²) in [5.41, 5.74) is 1.42. The van der Waals surface area contributed by atoms with Gasteiger partial charge in [-0.2, -0.15) is 0 Å². The zero-order valence-electron chi connectivity index (χ0n) is 14.6. The Bertz CT molecular complexity index is 774. The zero-order valence-corrected chi connectivity index (χ0v) is 16.3. The predicted molar refractivity (Wildman–Crippen MR) is 102 cm³/mol. The predicted octanol–water partition coefficient (Wildman–Crippen LogP) is 4.78. The molecule has 0 saturated heterocycles. The molecule has 134 valence electrons. The maximum Gasteiger partial charge on any atom is 0.316 e. The molecule has 2 heterocycles. The highest BCUT2D eigenvalue weighted by molar-refractivity contribution is 8.00. The topological polar surface area (TPSA) is 52.1 Å². The molecule has 2 aromatic heterocycles. The van der Waals surface area contributed by atoms with Crippen LogP contribution in [0.25, 0.3) is 10.2 Å². The summed E-state index contributed by atoms with van der Waals surface area (Å²) in [6.07, 6.45) is 10.9. The Morgan fingerprint density at radius 1 is 1.28 bits per heavy atom. The van der Waals surface area contributed by atoms with Crippen molar-refractivity contribution in [3.63, 3.8) is 0 Å². The van der Waals surface area contributed by atoms with E-state index in [1.54, 1.807) is 17.7 Å². The lowest BCUT2D eigenvalue weighted by atomic mass is 9.89. The fourth-order valence-corrected chi connectivity index (χ4v) is 6.11. The van der Waals surface area contributed by atoms with Crippen LogP contribution in [0.3, 0.4) is 0 Å². The second kappa shape index (κ2) is 7.62. The molecule has 2 aliphatic carbocycles. The van der Waals surface area contributed by atoms with E-state index in [0.717, 1.165) is 35.5 Å². The maximum absolute atomic E-state index is 12.3. The lowest BCUT2D eigenvalue weighted by Crippen LogP contribution is -2.25. The summed E-state index contributed by atoms with van der Waals surface area (Å²) in [5, 5.41) is 2.13. The number of carbonyl (C=O) groups excluding carboxylic acids is 1. The summed E-state index contributed by atoms with van der Waals surface area (Å²) >= 11 is 3.30. The van der Waals surface area contributed by atoms with Crippen molar-refractivity contribution in [3.05, 3.63) is 16.8 Å². The van der Waals surface area contributed by atoms with Crippen molar-refractivity contribution >= 4 is 39.3 Å². The van der Waals surface area contributed by atoms with Crippen molar-refractivity contribution in [2.75, 3.05) is 5.75 Å². The van der Waals surface area contributed by atoms with Gasteiger partial charge in [-0.25, -0.2) is 9.97 Å². The molecule has 4 rings (SSSR count). The molecule has 0 bridgehead atoms. The first-order valence-corrected chi connectivity index (χ1v) is 11.1. The number of esters is 1. The molecule has 2 atom stereocenters. The van der Waals surface area contributed by atoms with Gasteiger partial charge in [-0.05, 0) is 56.4 Å². The molecule has 0 amide bonds. The van der Waals surface area contributed by atoms with Gasteiger partial charge in [0, 0.05) is 10.3 Å². The van der Waals surface area contributed by atoms with Crippen molar-refractivity contribution in [3.8, 4) is 0 Å². The number of aromatic nitrogens is 2. The summed E-state index contributed by atoms with van der Waals surface area (Å²) in [6, 6.07) is 0. The molecule has 0 aromatic carbocycles. The summed E-state index contributed by atoms with van der Waals surface area (Å²) in [6.45, 7) is 2.24. The number of thiophene rings is 1. The number of ether oxygens (including phenoxy) is 1. The van der Waals surface area contributed by atoms with Crippen LogP contribution in [0.5, 0.6) is 0 Å². The SMILES string of the molecule is C[C@@H]1CCC[C@H](OC(=O)CSc2ncnc3sc4c(c23)CCCC4)C1. The summed E-state index contributed by atoms with van der Waals surface area (Å²) in [7, 11) is 0. The first kappa shape index (κ1) is 17.3. The van der Waals surface area contributed by atoms with Crippen LogP contribution >= 0.6 is 23.1 Å². The van der Waals surface area contributed by atoms with Gasteiger partial charge in [-0.3, -0.25) is 4.79 Å². The quantitative estimate of drug-likeness (QED) is 0.436. The first-order chi connectivity index (χ1) is 12.2. The fraction of sp³-hybridized carbons (Fsp3) is 0.632. The van der Waals surface area contributed by atoms with E-state index >= 15 is 0 Å². The summed E-state index contributed by atoms with van der Waals surface area (Å²) < 4.78 is 5.69. The second-order valence-electron chi connectivity index (χ2n) is 7.24. The van der Waals surface area contributed by atoms with E-state index in [1.165, 1.54) is 53.3 Å². The highest BCUT2D eigenvalue weighted by Gasteiger charge is 2.23. The zero-order chi connectivity index (χ0) is 17.2. The molecule has 0 radical (unpaired) electrons. The first-order valence-electron chi connectivity index (χ1n) is 9.28. The van der Waals surface area contributed by atoms with Gasteiger partial charge in [0.25, 0.3) is 0 Å². The number of rotatable bonds is 4. The van der Waals surface area contributed by atoms with Gasteiger partial charge in [0.15, 0.2) is 0 Å². The largest absolute Gasteiger partial charge is 0.462 e. The van der Waals surface area contributed by atoms with E-state index in [2.05, 4.69) is 16.9 Å². The number of hydrogen-bond acceptors (Lipinski definition) is 6. The lowest BCUT2D eigenvalue weighted by molar-refractivity contribution is -0.147. The van der Waals surface area contributed by atoms with Crippen molar-refractivity contribution in [2.45, 2.75) is 69.4 Å². The molecule has 2 aromatic rings. The number of hydrogen-bond donors (Lipinski definition) is 0. The molecule has 0 N–H and O–H groups in total. The average Bonchev–Trinajstić information content (AvgIpc) is 2.99. The maximum atomic E-state index is 12.3. The minimum absolute atomic E-state index is 0.108. The van der Waals surface area contributed by atoms with E-state index in [9.17, 15) is 4.79 Å². The van der Waals surface area contributed by atoms with Crippen LogP contribution in [-0.4, -0.2) is 27.8 Å². The second-order valence-corrected chi connectivity index (χ2v) is 9.29. The van der Waals surface area contributed by atoms with Crippen LogP contribution in [-0.2, 0) is 22.4 Å². The number of aryl methyl sites for hydroxylation is 2. The number of fused-ring (bicyclic) bond motifs is 3. The van der Waals surface area contributed by atoms with Gasteiger partial charge < -0.3 is 4.74 Å². The molecular formula is C19H24N2O2S2. The van der Waals surface area contributed by atoms with Gasteiger partial charge in [0.1, 0.15) is 22.3 Å². The molecule has 0 aliphatic heterocycles. The van der Waals surface area contributed by atoms with Crippen LogP contribution in [0.15, 0.2) is 11.4 Å². The van der Waals surface area contributed by atoms with Crippen LogP contribution in [0, 0.1) is 5.92 Å². The molecule has 4 nitrogen and oxygen atoms in total. The highest BCUT2D eigenvalue weighted by atomic mass is 32.2. The van der Waals surface area contributed by atoms with Crippen LogP contribution in [0.2, 0.25) is 0 Å². The Morgan fingerprint density at radius 2 is 2.16 bits per heavy atom. The Morgan fingerprint density at radius 3 is 3.04 bits per heavy atom.